The highest BCUT2D eigenvalue weighted by Crippen LogP contribution is 2.31. The van der Waals surface area contributed by atoms with Crippen LogP contribution in [0.3, 0.4) is 0 Å². The summed E-state index contributed by atoms with van der Waals surface area (Å²) in [4.78, 5) is 16.6. The number of nitrogens with zero attached hydrogens (tertiary/aromatic N) is 5. The largest absolute Gasteiger partial charge is 0.380 e. The molecule has 0 N–H and O–H groups in total. The molecule has 3 aromatic heterocycles. The number of hydrogen-bond acceptors (Lipinski definition) is 5. The molecule has 0 saturated carbocycles. The molecule has 4 rings (SSSR count). The quantitative estimate of drug-likeness (QED) is 0.518. The van der Waals surface area contributed by atoms with Crippen molar-refractivity contribution in [3.63, 3.8) is 0 Å². The highest BCUT2D eigenvalue weighted by Gasteiger charge is 2.28. The maximum absolute atomic E-state index is 5.57. The molecule has 0 bridgehead atoms. The molecule has 0 unspecified atom stereocenters. The summed E-state index contributed by atoms with van der Waals surface area (Å²) in [7, 11) is 0. The summed E-state index contributed by atoms with van der Waals surface area (Å²) in [6.45, 7) is 8.58. The highest BCUT2D eigenvalue weighted by atomic mass is 79.9. The predicted molar refractivity (Wildman–Crippen MR) is 116 cm³/mol. The molecular weight excluding hydrogens is 418 g/mol. The maximum atomic E-state index is 5.57. The number of fused-ring (bicyclic) bond motifs is 1. The van der Waals surface area contributed by atoms with E-state index in [1.807, 2.05) is 25.4 Å². The third kappa shape index (κ3) is 3.65. The molecule has 3 aromatic rings. The Bertz CT molecular complexity index is 945. The van der Waals surface area contributed by atoms with Crippen LogP contribution in [0.1, 0.15) is 33.6 Å². The molecule has 0 aromatic carbocycles. The van der Waals surface area contributed by atoms with Crippen molar-refractivity contribution in [3.8, 4) is 11.4 Å². The van der Waals surface area contributed by atoms with Crippen molar-refractivity contribution in [2.75, 3.05) is 18.1 Å². The third-order valence-corrected chi connectivity index (χ3v) is 5.87. The van der Waals surface area contributed by atoms with Crippen LogP contribution in [0.2, 0.25) is 0 Å². The van der Waals surface area contributed by atoms with E-state index in [9.17, 15) is 0 Å². The van der Waals surface area contributed by atoms with Gasteiger partial charge in [-0.1, -0.05) is 0 Å². The van der Waals surface area contributed by atoms with Gasteiger partial charge in [0.1, 0.15) is 17.2 Å². The Morgan fingerprint density at radius 2 is 1.93 bits per heavy atom. The lowest BCUT2D eigenvalue weighted by Crippen LogP contribution is -2.33. The van der Waals surface area contributed by atoms with Crippen molar-refractivity contribution in [2.24, 2.45) is 0 Å². The van der Waals surface area contributed by atoms with Gasteiger partial charge in [0.05, 0.1) is 6.61 Å². The predicted octanol–water partition coefficient (Wildman–Crippen LogP) is 4.67. The number of imidazole rings is 1. The minimum Gasteiger partial charge on any atom is -0.380 e. The maximum Gasteiger partial charge on any atom is 0.160 e. The summed E-state index contributed by atoms with van der Waals surface area (Å²) in [5.74, 6) is 1.92. The molecule has 1 fully saturated rings. The van der Waals surface area contributed by atoms with Gasteiger partial charge >= 0.3 is 0 Å². The third-order valence-electron chi connectivity index (χ3n) is 5.44. The zero-order valence-corrected chi connectivity index (χ0v) is 18.2. The Balaban J connectivity index is 1.70. The lowest BCUT2D eigenvalue weighted by atomic mass is 10.2. The summed E-state index contributed by atoms with van der Waals surface area (Å²) >= 11 is 3.49. The van der Waals surface area contributed by atoms with E-state index in [1.165, 1.54) is 12.8 Å². The standard InChI is InChI=1S/C21H26BrN5O/c1-4-28-10-9-26-20(25-18-11-17(22)13-24-21(18)26)16-7-8-19(23-12-16)27-14(2)5-6-15(27)3/h7-8,11-15H,4-6,9-10H2,1-3H3/t14-,15-/m0/s1. The average molecular weight is 444 g/mol. The van der Waals surface area contributed by atoms with Crippen LogP contribution in [-0.4, -0.2) is 44.8 Å². The molecule has 0 spiro atoms. The number of halogens is 1. The molecule has 0 radical (unpaired) electrons. The second kappa shape index (κ2) is 8.17. The Morgan fingerprint density at radius 1 is 1.14 bits per heavy atom. The molecule has 4 heterocycles. The van der Waals surface area contributed by atoms with Gasteiger partial charge in [0, 0.05) is 47.7 Å². The van der Waals surface area contributed by atoms with Crippen LogP contribution in [0, 0.1) is 0 Å². The molecule has 148 valence electrons. The molecule has 7 heteroatoms. The van der Waals surface area contributed by atoms with Crippen LogP contribution < -0.4 is 4.90 Å². The zero-order valence-electron chi connectivity index (χ0n) is 16.6. The van der Waals surface area contributed by atoms with Crippen LogP contribution in [0.15, 0.2) is 35.1 Å². The number of aromatic nitrogens is 4. The number of hydrogen-bond donors (Lipinski definition) is 0. The first-order chi connectivity index (χ1) is 13.6. The molecule has 1 aliphatic rings. The first kappa shape index (κ1) is 19.3. The van der Waals surface area contributed by atoms with Gasteiger partial charge in [-0.25, -0.2) is 15.0 Å². The van der Waals surface area contributed by atoms with E-state index < -0.39 is 0 Å². The van der Waals surface area contributed by atoms with Gasteiger partial charge in [-0.2, -0.15) is 0 Å². The van der Waals surface area contributed by atoms with Crippen LogP contribution in [0.4, 0.5) is 5.82 Å². The highest BCUT2D eigenvalue weighted by molar-refractivity contribution is 9.10. The molecular formula is C21H26BrN5O. The monoisotopic (exact) mass is 443 g/mol. The van der Waals surface area contributed by atoms with Crippen LogP contribution in [0.5, 0.6) is 0 Å². The van der Waals surface area contributed by atoms with Gasteiger partial charge in [-0.15, -0.1) is 0 Å². The second-order valence-corrected chi connectivity index (χ2v) is 8.28. The summed E-state index contributed by atoms with van der Waals surface area (Å²) in [6.07, 6.45) is 6.18. The number of ether oxygens (including phenoxy) is 1. The Morgan fingerprint density at radius 3 is 2.61 bits per heavy atom. The fraction of sp³-hybridized carbons (Fsp3) is 0.476. The first-order valence-electron chi connectivity index (χ1n) is 9.92. The van der Waals surface area contributed by atoms with Crippen molar-refractivity contribution in [1.29, 1.82) is 0 Å². The summed E-state index contributed by atoms with van der Waals surface area (Å²) in [5, 5.41) is 0. The molecule has 2 atom stereocenters. The van der Waals surface area contributed by atoms with Crippen molar-refractivity contribution < 1.29 is 4.74 Å². The number of rotatable bonds is 6. The first-order valence-corrected chi connectivity index (χ1v) is 10.7. The molecule has 28 heavy (non-hydrogen) atoms. The van der Waals surface area contributed by atoms with Crippen molar-refractivity contribution in [1.82, 2.24) is 19.5 Å². The van der Waals surface area contributed by atoms with Crippen molar-refractivity contribution >= 4 is 32.9 Å². The van der Waals surface area contributed by atoms with E-state index in [0.717, 1.165) is 32.8 Å². The van der Waals surface area contributed by atoms with Gasteiger partial charge < -0.3 is 14.2 Å². The molecule has 1 aliphatic heterocycles. The fourth-order valence-corrected chi connectivity index (χ4v) is 4.36. The van der Waals surface area contributed by atoms with Gasteiger partial charge in [0.25, 0.3) is 0 Å². The average Bonchev–Trinajstić information content (AvgIpc) is 3.21. The zero-order chi connectivity index (χ0) is 19.7. The van der Waals surface area contributed by atoms with E-state index in [2.05, 4.69) is 56.4 Å². The van der Waals surface area contributed by atoms with Gasteiger partial charge in [-0.3, -0.25) is 0 Å². The fourth-order valence-electron chi connectivity index (χ4n) is 4.04. The van der Waals surface area contributed by atoms with Crippen LogP contribution >= 0.6 is 15.9 Å². The topological polar surface area (TPSA) is 56.1 Å². The summed E-state index contributed by atoms with van der Waals surface area (Å²) in [6, 6.07) is 7.30. The van der Waals surface area contributed by atoms with Gasteiger partial charge in [-0.05, 0) is 67.7 Å². The molecule has 6 nitrogen and oxygen atoms in total. The Labute approximate surface area is 174 Å². The van der Waals surface area contributed by atoms with Crippen molar-refractivity contribution in [3.05, 3.63) is 35.1 Å². The second-order valence-electron chi connectivity index (χ2n) is 7.37. The van der Waals surface area contributed by atoms with Crippen molar-refractivity contribution in [2.45, 2.75) is 52.2 Å². The SMILES string of the molecule is CCOCCn1c(-c2ccc(N3[C@@H](C)CC[C@@H]3C)nc2)nc2cc(Br)cnc21. The minimum absolute atomic E-state index is 0.533. The Hall–Kier alpha value is -1.99. The molecule has 0 amide bonds. The van der Waals surface area contributed by atoms with E-state index in [-0.39, 0.29) is 0 Å². The number of pyridine rings is 2. The lowest BCUT2D eigenvalue weighted by Gasteiger charge is -2.27. The van der Waals surface area contributed by atoms with Crippen LogP contribution in [-0.2, 0) is 11.3 Å². The van der Waals surface area contributed by atoms with Gasteiger partial charge in [0.15, 0.2) is 5.65 Å². The van der Waals surface area contributed by atoms with Crippen LogP contribution in [0.25, 0.3) is 22.6 Å². The summed E-state index contributed by atoms with van der Waals surface area (Å²) in [5.41, 5.74) is 2.73. The number of anilines is 1. The van der Waals surface area contributed by atoms with E-state index in [4.69, 9.17) is 14.7 Å². The van der Waals surface area contributed by atoms with Gasteiger partial charge in [0.2, 0.25) is 0 Å². The van der Waals surface area contributed by atoms with E-state index in [1.54, 1.807) is 0 Å². The Kier molecular flexibility index (Phi) is 5.64. The summed E-state index contributed by atoms with van der Waals surface area (Å²) < 4.78 is 8.62. The smallest absolute Gasteiger partial charge is 0.160 e. The lowest BCUT2D eigenvalue weighted by molar-refractivity contribution is 0.140. The minimum atomic E-state index is 0.533. The molecule has 0 aliphatic carbocycles. The normalized spacial score (nSPS) is 19.6. The molecule has 1 saturated heterocycles. The van der Waals surface area contributed by atoms with E-state index in [0.29, 0.717) is 31.8 Å². The van der Waals surface area contributed by atoms with E-state index >= 15 is 0 Å².